The average Bonchev–Trinajstić information content (AvgIpc) is 3.13. The van der Waals surface area contributed by atoms with Gasteiger partial charge < -0.3 is 19.3 Å². The lowest BCUT2D eigenvalue weighted by atomic mass is 10.0. The highest BCUT2D eigenvalue weighted by atomic mass is 31.2. The Morgan fingerprint density at radius 3 is 1.52 bits per heavy atom. The average molecular weight is 782 g/mol. The molecule has 0 aliphatic carbocycles. The van der Waals surface area contributed by atoms with Gasteiger partial charge in [0.05, 0.1) is 13.2 Å². The Labute approximate surface area is 331 Å². The number of rotatable bonds is 39. The van der Waals surface area contributed by atoms with Crippen LogP contribution in [0.4, 0.5) is 0 Å². The first kappa shape index (κ1) is 52.0. The van der Waals surface area contributed by atoms with Crippen molar-refractivity contribution in [1.29, 1.82) is 0 Å². The maximum atomic E-state index is 12.6. The smallest absolute Gasteiger partial charge is 0.462 e. The summed E-state index contributed by atoms with van der Waals surface area (Å²) in [6.45, 7) is 4.25. The number of ether oxygens (including phenoxy) is 2. The number of unbranched alkanes of at least 4 members (excludes halogenated alkanes) is 17. The molecule has 0 heterocycles. The lowest BCUT2D eigenvalue weighted by Gasteiger charge is -2.20. The highest BCUT2D eigenvalue weighted by molar-refractivity contribution is 7.47. The number of hydrogen-bond acceptors (Lipinski definition) is 8. The molecule has 0 aliphatic rings. The number of allylic oxidation sites excluding steroid dienone is 8. The molecule has 54 heavy (non-hydrogen) atoms. The van der Waals surface area contributed by atoms with E-state index in [9.17, 15) is 19.0 Å². The van der Waals surface area contributed by atoms with Crippen molar-refractivity contribution in [2.75, 3.05) is 40.5 Å². The van der Waals surface area contributed by atoms with Crippen LogP contribution in [0.25, 0.3) is 0 Å². The first-order valence-corrected chi connectivity index (χ1v) is 22.9. The van der Waals surface area contributed by atoms with Crippen molar-refractivity contribution >= 4 is 19.8 Å². The second-order valence-electron chi connectivity index (χ2n) is 14.5. The number of likely N-dealkylation sites (N-methyl/N-ethyl adjacent to an activating group) is 1. The summed E-state index contributed by atoms with van der Waals surface area (Å²) in [5, 5.41) is 0. The summed E-state index contributed by atoms with van der Waals surface area (Å²) in [4.78, 5) is 36.9. The van der Waals surface area contributed by atoms with Crippen LogP contribution >= 0.6 is 7.82 Å². The van der Waals surface area contributed by atoms with Gasteiger partial charge in [-0.15, -0.1) is 0 Å². The van der Waals surface area contributed by atoms with Crippen LogP contribution in [0.15, 0.2) is 48.6 Å². The summed E-state index contributed by atoms with van der Waals surface area (Å²) in [5.41, 5.74) is 0. The molecule has 9 nitrogen and oxygen atoms in total. The Morgan fingerprint density at radius 2 is 1.00 bits per heavy atom. The number of phosphoric acid groups is 1. The summed E-state index contributed by atoms with van der Waals surface area (Å²) >= 11 is 0. The Kier molecular flexibility index (Phi) is 37.7. The van der Waals surface area contributed by atoms with E-state index in [0.717, 1.165) is 51.4 Å². The van der Waals surface area contributed by atoms with Crippen molar-refractivity contribution in [2.45, 2.75) is 180 Å². The third kappa shape index (κ3) is 39.7. The van der Waals surface area contributed by atoms with Crippen LogP contribution in [-0.2, 0) is 32.7 Å². The minimum absolute atomic E-state index is 0.00158. The second-order valence-corrected chi connectivity index (χ2v) is 16.0. The Hall–Kier alpha value is -2.03. The summed E-state index contributed by atoms with van der Waals surface area (Å²) in [6.07, 6.45) is 43.0. The molecular weight excluding hydrogens is 701 g/mol. The topological polar surface area (TPSA) is 112 Å². The van der Waals surface area contributed by atoms with Gasteiger partial charge in [0.1, 0.15) is 6.61 Å². The Morgan fingerprint density at radius 1 is 0.574 bits per heavy atom. The number of nitrogens with zero attached hydrogens (tertiary/aromatic N) is 1. The zero-order valence-corrected chi connectivity index (χ0v) is 35.8. The lowest BCUT2D eigenvalue weighted by Crippen LogP contribution is -2.29. The van der Waals surface area contributed by atoms with Gasteiger partial charge in [0, 0.05) is 19.4 Å². The molecule has 0 aliphatic heterocycles. The third-order valence-electron chi connectivity index (χ3n) is 8.89. The standard InChI is InChI=1S/C44H80NO8P/c1-5-7-9-11-13-15-17-19-20-21-22-23-24-25-27-28-30-32-34-36-43(46)50-40-42(41-52-54(48,49)51-39-38-45(3)4)53-44(47)37-35-33-31-29-26-18-16-14-12-10-8-6-2/h13,15,19-20,22-23,25,27,42H,5-12,14,16-18,21,24,26,28-41H2,1-4H3,(H,48,49)/b15-13-,20-19-,23-22-,27-25-. The van der Waals surface area contributed by atoms with E-state index in [1.165, 1.54) is 83.5 Å². The van der Waals surface area contributed by atoms with E-state index in [0.29, 0.717) is 19.4 Å². The maximum absolute atomic E-state index is 12.6. The summed E-state index contributed by atoms with van der Waals surface area (Å²) in [5.74, 6) is -0.839. The molecule has 0 aromatic carbocycles. The van der Waals surface area contributed by atoms with E-state index >= 15 is 0 Å². The largest absolute Gasteiger partial charge is 0.472 e. The van der Waals surface area contributed by atoms with E-state index in [4.69, 9.17) is 18.5 Å². The molecule has 0 bridgehead atoms. The van der Waals surface area contributed by atoms with E-state index < -0.39 is 32.5 Å². The fourth-order valence-corrected chi connectivity index (χ4v) is 6.29. The van der Waals surface area contributed by atoms with E-state index in [-0.39, 0.29) is 26.1 Å². The molecule has 0 aromatic rings. The van der Waals surface area contributed by atoms with Crippen LogP contribution in [0.5, 0.6) is 0 Å². The van der Waals surface area contributed by atoms with Crippen molar-refractivity contribution < 1.29 is 37.6 Å². The Balaban J connectivity index is 4.34. The van der Waals surface area contributed by atoms with E-state index in [1.807, 2.05) is 19.0 Å². The molecular formula is C44H80NO8P. The van der Waals surface area contributed by atoms with Gasteiger partial charge >= 0.3 is 19.8 Å². The summed E-state index contributed by atoms with van der Waals surface area (Å²) in [6, 6.07) is 0. The van der Waals surface area contributed by atoms with Gasteiger partial charge in [0.15, 0.2) is 6.10 Å². The quantitative estimate of drug-likeness (QED) is 0.0282. The van der Waals surface area contributed by atoms with Gasteiger partial charge in [-0.25, -0.2) is 4.57 Å². The minimum Gasteiger partial charge on any atom is -0.462 e. The predicted octanol–water partition coefficient (Wildman–Crippen LogP) is 12.2. The van der Waals surface area contributed by atoms with Gasteiger partial charge in [-0.3, -0.25) is 18.6 Å². The fraction of sp³-hybridized carbons (Fsp3) is 0.773. The first-order chi connectivity index (χ1) is 26.2. The molecule has 0 rings (SSSR count). The third-order valence-corrected chi connectivity index (χ3v) is 9.87. The second kappa shape index (κ2) is 39.2. The lowest BCUT2D eigenvalue weighted by molar-refractivity contribution is -0.161. The number of carbonyl (C=O) groups is 2. The van der Waals surface area contributed by atoms with Crippen LogP contribution in [-0.4, -0.2) is 68.3 Å². The van der Waals surface area contributed by atoms with Gasteiger partial charge in [-0.05, 0) is 71.9 Å². The number of phosphoric ester groups is 1. The number of carbonyl (C=O) groups excluding carboxylic acids is 2. The molecule has 0 saturated carbocycles. The minimum atomic E-state index is -4.37. The van der Waals surface area contributed by atoms with E-state index in [1.54, 1.807) is 0 Å². The van der Waals surface area contributed by atoms with Crippen LogP contribution in [0.1, 0.15) is 174 Å². The molecule has 10 heteroatoms. The molecule has 0 spiro atoms. The molecule has 0 amide bonds. The monoisotopic (exact) mass is 782 g/mol. The molecule has 2 atom stereocenters. The van der Waals surface area contributed by atoms with Gasteiger partial charge in [0.2, 0.25) is 0 Å². The van der Waals surface area contributed by atoms with Crippen molar-refractivity contribution in [3.63, 3.8) is 0 Å². The number of hydrogen-bond donors (Lipinski definition) is 1. The van der Waals surface area contributed by atoms with Crippen molar-refractivity contribution in [1.82, 2.24) is 4.90 Å². The highest BCUT2D eigenvalue weighted by Gasteiger charge is 2.26. The van der Waals surface area contributed by atoms with Crippen LogP contribution in [0.3, 0.4) is 0 Å². The SMILES string of the molecule is CCCCC/C=C\C/C=C\C/C=C\C/C=C\CCCCCC(=O)OCC(COP(=O)(O)OCCN(C)C)OC(=O)CCCCCCCCCCCCCC. The van der Waals surface area contributed by atoms with E-state index in [2.05, 4.69) is 62.5 Å². The fourth-order valence-electron chi connectivity index (χ4n) is 5.55. The molecule has 1 N–H and O–H groups in total. The van der Waals surface area contributed by atoms with Crippen LogP contribution < -0.4 is 0 Å². The molecule has 0 aromatic heterocycles. The normalized spacial score (nSPS) is 13.9. The van der Waals surface area contributed by atoms with Crippen LogP contribution in [0.2, 0.25) is 0 Å². The van der Waals surface area contributed by atoms with Gasteiger partial charge in [-0.1, -0.05) is 152 Å². The van der Waals surface area contributed by atoms with Crippen LogP contribution in [0, 0.1) is 0 Å². The highest BCUT2D eigenvalue weighted by Crippen LogP contribution is 2.43. The molecule has 0 radical (unpaired) electrons. The van der Waals surface area contributed by atoms with Crippen molar-refractivity contribution in [3.8, 4) is 0 Å². The first-order valence-electron chi connectivity index (χ1n) is 21.4. The zero-order valence-electron chi connectivity index (χ0n) is 34.9. The number of esters is 2. The predicted molar refractivity (Wildman–Crippen MR) is 224 cm³/mol. The van der Waals surface area contributed by atoms with Crippen molar-refractivity contribution in [2.24, 2.45) is 0 Å². The molecule has 0 fully saturated rings. The maximum Gasteiger partial charge on any atom is 0.472 e. The zero-order chi connectivity index (χ0) is 39.8. The molecule has 2 unspecified atom stereocenters. The van der Waals surface area contributed by atoms with Gasteiger partial charge in [-0.2, -0.15) is 0 Å². The van der Waals surface area contributed by atoms with Crippen molar-refractivity contribution in [3.05, 3.63) is 48.6 Å². The summed E-state index contributed by atoms with van der Waals surface area (Å²) < 4.78 is 33.4. The molecule has 314 valence electrons. The Bertz CT molecular complexity index is 1040. The van der Waals surface area contributed by atoms with Gasteiger partial charge in [0.25, 0.3) is 0 Å². The summed E-state index contributed by atoms with van der Waals surface area (Å²) in [7, 11) is -0.726. The molecule has 0 saturated heterocycles.